The topological polar surface area (TPSA) is 87.5 Å². The Labute approximate surface area is 123 Å². The number of urea groups is 1. The van der Waals surface area contributed by atoms with Gasteiger partial charge in [-0.15, -0.1) is 0 Å². The SMILES string of the molecule is Cn1cc(C(NC(=O)N2CCCCCCC2)C(=O)O)cn1. The molecular weight excluding hydrogens is 272 g/mol. The van der Waals surface area contributed by atoms with Gasteiger partial charge < -0.3 is 15.3 Å². The molecule has 0 bridgehead atoms. The second-order valence-corrected chi connectivity index (χ2v) is 5.42. The number of hydrogen-bond acceptors (Lipinski definition) is 3. The summed E-state index contributed by atoms with van der Waals surface area (Å²) in [5, 5.41) is 15.9. The standard InChI is InChI=1S/C14H22N4O3/c1-17-10-11(9-15-17)12(13(19)20)16-14(21)18-7-5-3-2-4-6-8-18/h9-10,12H,2-8H2,1H3,(H,16,21)(H,19,20). The third-order valence-corrected chi connectivity index (χ3v) is 3.72. The molecule has 21 heavy (non-hydrogen) atoms. The van der Waals surface area contributed by atoms with Crippen LogP contribution >= 0.6 is 0 Å². The Kier molecular flexibility index (Phi) is 5.19. The highest BCUT2D eigenvalue weighted by molar-refractivity contribution is 5.83. The fourth-order valence-electron chi connectivity index (χ4n) is 2.54. The Hall–Kier alpha value is -2.05. The molecule has 0 saturated carbocycles. The summed E-state index contributed by atoms with van der Waals surface area (Å²) in [4.78, 5) is 25.4. The maximum absolute atomic E-state index is 12.3. The van der Waals surface area contributed by atoms with Gasteiger partial charge in [-0.25, -0.2) is 9.59 Å². The molecular formula is C14H22N4O3. The quantitative estimate of drug-likeness (QED) is 0.884. The highest BCUT2D eigenvalue weighted by Gasteiger charge is 2.26. The second-order valence-electron chi connectivity index (χ2n) is 5.42. The number of carbonyl (C=O) groups excluding carboxylic acids is 1. The van der Waals surface area contributed by atoms with Crippen molar-refractivity contribution in [3.63, 3.8) is 0 Å². The van der Waals surface area contributed by atoms with Crippen molar-refractivity contribution in [2.75, 3.05) is 13.1 Å². The van der Waals surface area contributed by atoms with Crippen LogP contribution < -0.4 is 5.32 Å². The zero-order valence-corrected chi connectivity index (χ0v) is 12.3. The highest BCUT2D eigenvalue weighted by Crippen LogP contribution is 2.14. The fourth-order valence-corrected chi connectivity index (χ4v) is 2.54. The van der Waals surface area contributed by atoms with E-state index in [4.69, 9.17) is 0 Å². The van der Waals surface area contributed by atoms with Crippen LogP contribution in [0.15, 0.2) is 12.4 Å². The normalized spacial score (nSPS) is 17.7. The minimum Gasteiger partial charge on any atom is -0.479 e. The molecule has 0 radical (unpaired) electrons. The number of nitrogens with zero attached hydrogens (tertiary/aromatic N) is 3. The Bertz CT molecular complexity index is 492. The van der Waals surface area contributed by atoms with Crippen molar-refractivity contribution < 1.29 is 14.7 Å². The first-order valence-corrected chi connectivity index (χ1v) is 7.34. The summed E-state index contributed by atoms with van der Waals surface area (Å²) < 4.78 is 1.52. The van der Waals surface area contributed by atoms with Gasteiger partial charge in [0.2, 0.25) is 0 Å². The van der Waals surface area contributed by atoms with Crippen molar-refractivity contribution in [2.45, 2.75) is 38.1 Å². The van der Waals surface area contributed by atoms with Crippen LogP contribution in [0.1, 0.15) is 43.7 Å². The van der Waals surface area contributed by atoms with Crippen molar-refractivity contribution >= 4 is 12.0 Å². The third kappa shape index (κ3) is 4.21. The third-order valence-electron chi connectivity index (χ3n) is 3.72. The van der Waals surface area contributed by atoms with Crippen LogP contribution in [0.25, 0.3) is 0 Å². The average Bonchev–Trinajstić information content (AvgIpc) is 2.81. The Morgan fingerprint density at radius 2 is 1.86 bits per heavy atom. The minimum atomic E-state index is -1.08. The lowest BCUT2D eigenvalue weighted by molar-refractivity contribution is -0.139. The molecule has 116 valence electrons. The van der Waals surface area contributed by atoms with Crippen molar-refractivity contribution in [3.8, 4) is 0 Å². The van der Waals surface area contributed by atoms with E-state index in [0.29, 0.717) is 18.7 Å². The number of aromatic nitrogens is 2. The summed E-state index contributed by atoms with van der Waals surface area (Å²) in [7, 11) is 1.71. The summed E-state index contributed by atoms with van der Waals surface area (Å²) in [6.45, 7) is 1.37. The average molecular weight is 294 g/mol. The maximum atomic E-state index is 12.3. The molecule has 2 N–H and O–H groups in total. The monoisotopic (exact) mass is 294 g/mol. The van der Waals surface area contributed by atoms with Gasteiger partial charge in [-0.05, 0) is 12.8 Å². The number of amides is 2. The van der Waals surface area contributed by atoms with Crippen LogP contribution in [-0.4, -0.2) is 44.9 Å². The lowest BCUT2D eigenvalue weighted by atomic mass is 10.1. The van der Waals surface area contributed by atoms with Gasteiger partial charge in [0.15, 0.2) is 6.04 Å². The van der Waals surface area contributed by atoms with Gasteiger partial charge in [0.1, 0.15) is 0 Å². The first-order valence-electron chi connectivity index (χ1n) is 7.34. The van der Waals surface area contributed by atoms with E-state index in [9.17, 15) is 14.7 Å². The number of nitrogens with one attached hydrogen (secondary N) is 1. The van der Waals surface area contributed by atoms with Gasteiger partial charge in [0, 0.05) is 31.9 Å². The van der Waals surface area contributed by atoms with E-state index in [1.807, 2.05) is 0 Å². The van der Waals surface area contributed by atoms with Gasteiger partial charge in [-0.3, -0.25) is 4.68 Å². The predicted molar refractivity (Wildman–Crippen MR) is 76.8 cm³/mol. The maximum Gasteiger partial charge on any atom is 0.331 e. The first-order chi connectivity index (χ1) is 10.1. The Balaban J connectivity index is 2.02. The zero-order valence-electron chi connectivity index (χ0n) is 12.3. The number of likely N-dealkylation sites (tertiary alicyclic amines) is 1. The van der Waals surface area contributed by atoms with E-state index in [1.54, 1.807) is 18.1 Å². The molecule has 1 aliphatic heterocycles. The van der Waals surface area contributed by atoms with Crippen molar-refractivity contribution in [3.05, 3.63) is 18.0 Å². The number of carbonyl (C=O) groups is 2. The number of rotatable bonds is 3. The van der Waals surface area contributed by atoms with Crippen molar-refractivity contribution in [1.82, 2.24) is 20.0 Å². The molecule has 7 nitrogen and oxygen atoms in total. The Morgan fingerprint density at radius 3 is 2.38 bits per heavy atom. The highest BCUT2D eigenvalue weighted by atomic mass is 16.4. The van der Waals surface area contributed by atoms with Crippen molar-refractivity contribution in [2.24, 2.45) is 7.05 Å². The van der Waals surface area contributed by atoms with E-state index in [1.165, 1.54) is 17.3 Å². The summed E-state index contributed by atoms with van der Waals surface area (Å²) in [6.07, 6.45) is 8.46. The molecule has 2 rings (SSSR count). The van der Waals surface area contributed by atoms with Gasteiger partial charge in [-0.2, -0.15) is 5.10 Å². The molecule has 1 fully saturated rings. The number of aryl methyl sites for hydroxylation is 1. The van der Waals surface area contributed by atoms with E-state index in [-0.39, 0.29) is 6.03 Å². The summed E-state index contributed by atoms with van der Waals surface area (Å²) >= 11 is 0. The summed E-state index contributed by atoms with van der Waals surface area (Å²) in [5.41, 5.74) is 0.477. The number of carboxylic acid groups (broad SMARTS) is 1. The molecule has 0 aliphatic carbocycles. The zero-order chi connectivity index (χ0) is 15.2. The molecule has 1 aromatic heterocycles. The molecule has 1 atom stereocenters. The molecule has 1 saturated heterocycles. The van der Waals surface area contributed by atoms with E-state index in [2.05, 4.69) is 10.4 Å². The van der Waals surface area contributed by atoms with Crippen LogP contribution in [0.5, 0.6) is 0 Å². The van der Waals surface area contributed by atoms with Gasteiger partial charge in [0.25, 0.3) is 0 Å². The van der Waals surface area contributed by atoms with E-state index >= 15 is 0 Å². The molecule has 1 aliphatic rings. The van der Waals surface area contributed by atoms with Gasteiger partial charge in [0.05, 0.1) is 6.20 Å². The van der Waals surface area contributed by atoms with Crippen molar-refractivity contribution in [1.29, 1.82) is 0 Å². The van der Waals surface area contributed by atoms with Crippen LogP contribution in [0.3, 0.4) is 0 Å². The van der Waals surface area contributed by atoms with Gasteiger partial charge >= 0.3 is 12.0 Å². The number of carboxylic acids is 1. The van der Waals surface area contributed by atoms with Crippen LogP contribution in [0.4, 0.5) is 4.79 Å². The predicted octanol–water partition coefficient (Wildman–Crippen LogP) is 1.52. The molecule has 2 heterocycles. The van der Waals surface area contributed by atoms with Crippen LogP contribution in [-0.2, 0) is 11.8 Å². The fraction of sp³-hybridized carbons (Fsp3) is 0.643. The van der Waals surface area contributed by atoms with Gasteiger partial charge in [-0.1, -0.05) is 19.3 Å². The van der Waals surface area contributed by atoms with Crippen LogP contribution in [0, 0.1) is 0 Å². The van der Waals surface area contributed by atoms with Crippen LogP contribution in [0.2, 0.25) is 0 Å². The molecule has 0 aromatic carbocycles. The number of hydrogen-bond donors (Lipinski definition) is 2. The van der Waals surface area contributed by atoms with E-state index < -0.39 is 12.0 Å². The largest absolute Gasteiger partial charge is 0.479 e. The smallest absolute Gasteiger partial charge is 0.331 e. The molecule has 7 heteroatoms. The minimum absolute atomic E-state index is 0.312. The second kappa shape index (κ2) is 7.10. The molecule has 0 spiro atoms. The lowest BCUT2D eigenvalue weighted by Crippen LogP contribution is -2.44. The molecule has 1 aromatic rings. The lowest BCUT2D eigenvalue weighted by Gasteiger charge is -2.26. The Morgan fingerprint density at radius 1 is 1.24 bits per heavy atom. The number of aliphatic carboxylic acids is 1. The summed E-state index contributed by atoms with van der Waals surface area (Å²) in [6, 6.07) is -1.37. The first kappa shape index (κ1) is 15.3. The summed E-state index contributed by atoms with van der Waals surface area (Å²) in [5.74, 6) is -1.08. The molecule has 2 amide bonds. The molecule has 1 unspecified atom stereocenters. The van der Waals surface area contributed by atoms with E-state index in [0.717, 1.165) is 25.7 Å².